The molecule has 0 aliphatic carbocycles. The van der Waals surface area contributed by atoms with E-state index in [1.165, 1.54) is 5.56 Å². The third-order valence-corrected chi connectivity index (χ3v) is 4.38. The van der Waals surface area contributed by atoms with E-state index in [-0.39, 0.29) is 5.56 Å². The normalized spacial score (nSPS) is 11.7. The second-order valence-electron chi connectivity index (χ2n) is 6.43. The second kappa shape index (κ2) is 8.60. The van der Waals surface area contributed by atoms with Gasteiger partial charge in [-0.15, -0.1) is 0 Å². The molecule has 3 rings (SSSR count). The predicted molar refractivity (Wildman–Crippen MR) is 110 cm³/mol. The van der Waals surface area contributed by atoms with Crippen molar-refractivity contribution in [2.75, 3.05) is 19.1 Å². The topological polar surface area (TPSA) is 68.5 Å². The highest BCUT2D eigenvalue weighted by Gasteiger charge is 2.10. The monoisotopic (exact) mass is 364 g/mol. The minimum Gasteiger partial charge on any atom is -0.385 e. The van der Waals surface area contributed by atoms with Crippen LogP contribution in [0, 0.1) is 6.92 Å². The molecule has 0 amide bonds. The fourth-order valence-electron chi connectivity index (χ4n) is 2.82. The van der Waals surface area contributed by atoms with Gasteiger partial charge in [-0.2, -0.15) is 5.10 Å². The van der Waals surface area contributed by atoms with Crippen molar-refractivity contribution >= 4 is 22.6 Å². The maximum Gasteiger partial charge on any atom is 0.262 e. The van der Waals surface area contributed by atoms with Crippen LogP contribution in [0.2, 0.25) is 0 Å². The lowest BCUT2D eigenvalue weighted by Gasteiger charge is -2.13. The molecule has 0 aliphatic heterocycles. The van der Waals surface area contributed by atoms with Crippen LogP contribution >= 0.6 is 0 Å². The van der Waals surface area contributed by atoms with E-state index in [4.69, 9.17) is 4.74 Å². The molecule has 2 aromatic carbocycles. The first-order valence-electron chi connectivity index (χ1n) is 8.96. The first-order valence-corrected chi connectivity index (χ1v) is 8.96. The zero-order chi connectivity index (χ0) is 19.2. The molecular formula is C21H24N4O2. The number of aromatic nitrogens is 2. The minimum absolute atomic E-state index is 0.0811. The molecule has 1 N–H and O–H groups in total. The molecule has 27 heavy (non-hydrogen) atoms. The highest BCUT2D eigenvalue weighted by atomic mass is 16.5. The fourth-order valence-corrected chi connectivity index (χ4v) is 2.82. The molecule has 6 nitrogen and oxygen atoms in total. The van der Waals surface area contributed by atoms with Crippen molar-refractivity contribution in [2.24, 2.45) is 5.10 Å². The molecule has 0 atom stereocenters. The molecule has 6 heteroatoms. The first-order chi connectivity index (χ1) is 13.1. The van der Waals surface area contributed by atoms with Crippen LogP contribution in [0.15, 0.2) is 58.4 Å². The van der Waals surface area contributed by atoms with Crippen LogP contribution in [0.5, 0.6) is 0 Å². The summed E-state index contributed by atoms with van der Waals surface area (Å²) in [5.41, 5.74) is 6.59. The molecule has 140 valence electrons. The fraction of sp³-hybridized carbons (Fsp3) is 0.286. The van der Waals surface area contributed by atoms with Gasteiger partial charge in [-0.1, -0.05) is 42.0 Å². The number of ether oxygens (including phenoxy) is 1. The number of fused-ring (bicyclic) bond motifs is 1. The molecule has 0 fully saturated rings. The molecule has 1 heterocycles. The molecule has 3 aromatic rings. The van der Waals surface area contributed by atoms with E-state index < -0.39 is 0 Å². The van der Waals surface area contributed by atoms with Crippen molar-refractivity contribution in [3.8, 4) is 0 Å². The van der Waals surface area contributed by atoms with Crippen LogP contribution in [0.4, 0.5) is 5.95 Å². The summed E-state index contributed by atoms with van der Waals surface area (Å²) in [7, 11) is 1.65. The van der Waals surface area contributed by atoms with Gasteiger partial charge in [0.1, 0.15) is 0 Å². The Hall–Kier alpha value is -2.99. The van der Waals surface area contributed by atoms with E-state index in [9.17, 15) is 4.79 Å². The van der Waals surface area contributed by atoms with E-state index >= 15 is 0 Å². The maximum atomic E-state index is 12.9. The van der Waals surface area contributed by atoms with E-state index in [1.54, 1.807) is 17.7 Å². The number of aryl methyl sites for hydroxylation is 1. The third-order valence-electron chi connectivity index (χ3n) is 4.38. The molecule has 0 saturated heterocycles. The largest absolute Gasteiger partial charge is 0.385 e. The van der Waals surface area contributed by atoms with Gasteiger partial charge in [0.25, 0.3) is 5.56 Å². The smallest absolute Gasteiger partial charge is 0.262 e. The van der Waals surface area contributed by atoms with Gasteiger partial charge in [-0.3, -0.25) is 9.36 Å². The minimum atomic E-state index is -0.0811. The van der Waals surface area contributed by atoms with Gasteiger partial charge in [0, 0.05) is 20.3 Å². The standard InChI is InChI=1S/C21H24N4O2/c1-15-9-11-17(12-10-15)16(2)23-24-21-22-19-8-5-4-7-18(19)20(26)25(21)13-6-14-27-3/h4-5,7-12H,6,13-14H2,1-3H3,(H,22,24)/b23-16-. The Morgan fingerprint density at radius 3 is 2.67 bits per heavy atom. The van der Waals surface area contributed by atoms with Gasteiger partial charge in [-0.25, -0.2) is 10.4 Å². The second-order valence-corrected chi connectivity index (χ2v) is 6.43. The third kappa shape index (κ3) is 4.41. The van der Waals surface area contributed by atoms with Crippen LogP contribution < -0.4 is 11.0 Å². The number of nitrogens with zero attached hydrogens (tertiary/aromatic N) is 3. The van der Waals surface area contributed by atoms with Gasteiger partial charge in [-0.05, 0) is 38.0 Å². The lowest BCUT2D eigenvalue weighted by atomic mass is 10.1. The molecule has 0 radical (unpaired) electrons. The Kier molecular flexibility index (Phi) is 5.98. The van der Waals surface area contributed by atoms with Crippen molar-refractivity contribution in [2.45, 2.75) is 26.8 Å². The molecular weight excluding hydrogens is 340 g/mol. The van der Waals surface area contributed by atoms with Gasteiger partial charge in [0.2, 0.25) is 5.95 Å². The van der Waals surface area contributed by atoms with Crippen LogP contribution in [0.25, 0.3) is 10.9 Å². The molecule has 0 saturated carbocycles. The summed E-state index contributed by atoms with van der Waals surface area (Å²) in [5, 5.41) is 5.04. The average Bonchev–Trinajstić information content (AvgIpc) is 2.68. The van der Waals surface area contributed by atoms with Gasteiger partial charge in [0.15, 0.2) is 0 Å². The lowest BCUT2D eigenvalue weighted by molar-refractivity contribution is 0.190. The molecule has 0 aliphatic rings. The molecule has 1 aromatic heterocycles. The Bertz CT molecular complexity index is 1010. The molecule has 0 unspecified atom stereocenters. The van der Waals surface area contributed by atoms with Crippen LogP contribution in [-0.4, -0.2) is 29.0 Å². The van der Waals surface area contributed by atoms with Gasteiger partial charge in [0.05, 0.1) is 16.6 Å². The van der Waals surface area contributed by atoms with E-state index in [1.807, 2.05) is 56.3 Å². The van der Waals surface area contributed by atoms with Crippen LogP contribution in [0.3, 0.4) is 0 Å². The number of anilines is 1. The first kappa shape index (κ1) is 18.8. The van der Waals surface area contributed by atoms with Crippen molar-refractivity contribution in [3.63, 3.8) is 0 Å². The Morgan fingerprint density at radius 1 is 1.19 bits per heavy atom. The van der Waals surface area contributed by atoms with Crippen molar-refractivity contribution in [1.29, 1.82) is 0 Å². The van der Waals surface area contributed by atoms with E-state index in [0.29, 0.717) is 36.4 Å². The van der Waals surface area contributed by atoms with Crippen LogP contribution in [-0.2, 0) is 11.3 Å². The summed E-state index contributed by atoms with van der Waals surface area (Å²) in [5.74, 6) is 0.432. The quantitative estimate of drug-likeness (QED) is 0.395. The number of hydrogen-bond acceptors (Lipinski definition) is 5. The van der Waals surface area contributed by atoms with E-state index in [2.05, 4.69) is 15.5 Å². The maximum absolute atomic E-state index is 12.9. The van der Waals surface area contributed by atoms with Crippen LogP contribution in [0.1, 0.15) is 24.5 Å². The molecule has 0 bridgehead atoms. The Labute approximate surface area is 158 Å². The van der Waals surface area contributed by atoms with Gasteiger partial charge >= 0.3 is 0 Å². The highest BCUT2D eigenvalue weighted by Crippen LogP contribution is 2.12. The zero-order valence-corrected chi connectivity index (χ0v) is 15.9. The number of para-hydroxylation sites is 1. The number of nitrogens with one attached hydrogen (secondary N) is 1. The van der Waals surface area contributed by atoms with E-state index in [0.717, 1.165) is 11.3 Å². The van der Waals surface area contributed by atoms with Crippen molar-refractivity contribution < 1.29 is 4.74 Å². The zero-order valence-electron chi connectivity index (χ0n) is 15.9. The Balaban J connectivity index is 1.96. The van der Waals surface area contributed by atoms with Crippen molar-refractivity contribution in [3.05, 3.63) is 70.0 Å². The molecule has 0 spiro atoms. The average molecular weight is 364 g/mol. The number of hydrazone groups is 1. The summed E-state index contributed by atoms with van der Waals surface area (Å²) < 4.78 is 6.73. The number of hydrogen-bond donors (Lipinski definition) is 1. The summed E-state index contributed by atoms with van der Waals surface area (Å²) in [6.07, 6.45) is 0.714. The van der Waals surface area contributed by atoms with Gasteiger partial charge < -0.3 is 4.74 Å². The summed E-state index contributed by atoms with van der Waals surface area (Å²) >= 11 is 0. The SMILES string of the molecule is COCCCn1c(N/N=C(/C)c2ccc(C)cc2)nc2ccccc2c1=O. The highest BCUT2D eigenvalue weighted by molar-refractivity contribution is 5.99. The number of methoxy groups -OCH3 is 1. The number of benzene rings is 2. The number of rotatable bonds is 7. The summed E-state index contributed by atoms with van der Waals surface area (Å²) in [4.78, 5) is 17.5. The predicted octanol–water partition coefficient (Wildman–Crippen LogP) is 3.58. The summed E-state index contributed by atoms with van der Waals surface area (Å²) in [6.45, 7) is 5.05. The van der Waals surface area contributed by atoms with Crippen molar-refractivity contribution in [1.82, 2.24) is 9.55 Å². The lowest BCUT2D eigenvalue weighted by Crippen LogP contribution is -2.25. The summed E-state index contributed by atoms with van der Waals surface area (Å²) in [6, 6.07) is 15.5. The Morgan fingerprint density at radius 2 is 1.93 bits per heavy atom.